The van der Waals surface area contributed by atoms with Crippen LogP contribution in [-0.2, 0) is 16.2 Å². The fraction of sp³-hybridized carbons (Fsp3) is 0.182. The summed E-state index contributed by atoms with van der Waals surface area (Å²) in [4.78, 5) is 41.3. The Morgan fingerprint density at radius 1 is 0.769 bits per heavy atom. The van der Waals surface area contributed by atoms with Gasteiger partial charge in [0.2, 0.25) is 5.91 Å². The molecule has 0 spiro atoms. The third kappa shape index (κ3) is 6.85. The van der Waals surface area contributed by atoms with Gasteiger partial charge >= 0.3 is 0 Å². The van der Waals surface area contributed by atoms with Gasteiger partial charge in [-0.15, -0.1) is 0 Å². The van der Waals surface area contributed by atoms with Gasteiger partial charge in [-0.1, -0.05) is 86.6 Å². The number of amides is 1. The molecule has 1 amide bonds. The quantitative estimate of drug-likeness (QED) is 0.172. The number of halogens is 1. The number of hydrogen-bond acceptors (Lipinski definition) is 4. The molecule has 2 atom stereocenters. The molecule has 0 bridgehead atoms. The Labute approximate surface area is 227 Å². The number of hydrogen-bond donors (Lipinski definition) is 1. The third-order valence-electron chi connectivity index (χ3n) is 6.44. The SMILES string of the molecule is CC(C)C(=O)[C@H](C(=O)Nc1ccccc1OCc1ccccc1)[C@H](C(=O)c1ccc(F)cc1)c1ccccc1. The van der Waals surface area contributed by atoms with Gasteiger partial charge in [-0.05, 0) is 47.5 Å². The summed E-state index contributed by atoms with van der Waals surface area (Å²) >= 11 is 0. The second-order valence-corrected chi connectivity index (χ2v) is 9.55. The van der Waals surface area contributed by atoms with Gasteiger partial charge in [-0.2, -0.15) is 0 Å². The Kier molecular flexibility index (Phi) is 9.00. The first kappa shape index (κ1) is 27.5. The molecule has 0 aliphatic rings. The number of benzene rings is 4. The van der Waals surface area contributed by atoms with Gasteiger partial charge in [0.15, 0.2) is 5.78 Å². The van der Waals surface area contributed by atoms with E-state index < -0.39 is 35.3 Å². The molecule has 0 saturated carbocycles. The highest BCUT2D eigenvalue weighted by Crippen LogP contribution is 2.34. The molecule has 0 saturated heterocycles. The summed E-state index contributed by atoms with van der Waals surface area (Å²) in [5, 5.41) is 2.85. The molecule has 0 aliphatic heterocycles. The van der Waals surface area contributed by atoms with Gasteiger partial charge in [-0.3, -0.25) is 14.4 Å². The van der Waals surface area contributed by atoms with E-state index in [4.69, 9.17) is 4.74 Å². The molecule has 4 aromatic rings. The van der Waals surface area contributed by atoms with Crippen molar-refractivity contribution in [1.82, 2.24) is 0 Å². The topological polar surface area (TPSA) is 72.5 Å². The van der Waals surface area contributed by atoms with Crippen molar-refractivity contribution in [3.05, 3.63) is 132 Å². The van der Waals surface area contributed by atoms with E-state index in [1.807, 2.05) is 30.3 Å². The minimum atomic E-state index is -1.33. The highest BCUT2D eigenvalue weighted by atomic mass is 19.1. The molecule has 4 rings (SSSR count). The van der Waals surface area contributed by atoms with Crippen LogP contribution in [0.15, 0.2) is 109 Å². The minimum absolute atomic E-state index is 0.214. The van der Waals surface area contributed by atoms with Crippen LogP contribution in [-0.4, -0.2) is 17.5 Å². The fourth-order valence-corrected chi connectivity index (χ4v) is 4.39. The number of ketones is 2. The van der Waals surface area contributed by atoms with Gasteiger partial charge in [0.05, 0.1) is 11.6 Å². The highest BCUT2D eigenvalue weighted by Gasteiger charge is 2.41. The Morgan fingerprint density at radius 2 is 1.36 bits per heavy atom. The Balaban J connectivity index is 1.69. The van der Waals surface area contributed by atoms with Gasteiger partial charge in [0, 0.05) is 11.5 Å². The molecule has 4 aromatic carbocycles. The average Bonchev–Trinajstić information content (AvgIpc) is 2.96. The van der Waals surface area contributed by atoms with Crippen LogP contribution in [0.2, 0.25) is 0 Å². The first-order chi connectivity index (χ1) is 18.8. The Hall–Kier alpha value is -4.58. The lowest BCUT2D eigenvalue weighted by molar-refractivity contribution is -0.133. The lowest BCUT2D eigenvalue weighted by Gasteiger charge is -2.27. The lowest BCUT2D eigenvalue weighted by Crippen LogP contribution is -2.40. The summed E-state index contributed by atoms with van der Waals surface area (Å²) in [6.07, 6.45) is 0. The number of nitrogens with one attached hydrogen (secondary N) is 1. The van der Waals surface area contributed by atoms with Gasteiger partial charge in [0.25, 0.3) is 0 Å². The molecule has 1 N–H and O–H groups in total. The van der Waals surface area contributed by atoms with Gasteiger partial charge in [-0.25, -0.2) is 4.39 Å². The van der Waals surface area contributed by atoms with Gasteiger partial charge < -0.3 is 10.1 Å². The Morgan fingerprint density at radius 3 is 2.00 bits per heavy atom. The van der Waals surface area contributed by atoms with Crippen molar-refractivity contribution in [2.75, 3.05) is 5.32 Å². The normalized spacial score (nSPS) is 12.4. The highest BCUT2D eigenvalue weighted by molar-refractivity contribution is 6.15. The third-order valence-corrected chi connectivity index (χ3v) is 6.44. The van der Waals surface area contributed by atoms with Crippen LogP contribution in [0.1, 0.15) is 41.3 Å². The number of rotatable bonds is 11. The van der Waals surface area contributed by atoms with Crippen molar-refractivity contribution in [2.24, 2.45) is 11.8 Å². The molecule has 0 radical (unpaired) electrons. The van der Waals surface area contributed by atoms with Crippen LogP contribution in [0.4, 0.5) is 10.1 Å². The van der Waals surface area contributed by atoms with Crippen molar-refractivity contribution in [2.45, 2.75) is 26.4 Å². The van der Waals surface area contributed by atoms with Crippen molar-refractivity contribution in [1.29, 1.82) is 0 Å². The average molecular weight is 524 g/mol. The largest absolute Gasteiger partial charge is 0.487 e. The first-order valence-electron chi connectivity index (χ1n) is 12.8. The van der Waals surface area contributed by atoms with E-state index in [2.05, 4.69) is 5.32 Å². The van der Waals surface area contributed by atoms with Crippen LogP contribution >= 0.6 is 0 Å². The maximum atomic E-state index is 13.9. The van der Waals surface area contributed by atoms with Crippen LogP contribution < -0.4 is 10.1 Å². The lowest BCUT2D eigenvalue weighted by atomic mass is 9.75. The summed E-state index contributed by atoms with van der Waals surface area (Å²) in [6.45, 7) is 3.69. The summed E-state index contributed by atoms with van der Waals surface area (Å²) in [5.41, 5.74) is 2.09. The molecule has 0 unspecified atom stereocenters. The number of anilines is 1. The zero-order chi connectivity index (χ0) is 27.8. The zero-order valence-corrected chi connectivity index (χ0v) is 21.8. The maximum Gasteiger partial charge on any atom is 0.236 e. The molecule has 6 heteroatoms. The fourth-order valence-electron chi connectivity index (χ4n) is 4.39. The molecular weight excluding hydrogens is 493 g/mol. The van der Waals surface area contributed by atoms with Crippen molar-refractivity contribution in [3.8, 4) is 5.75 Å². The Bertz CT molecular complexity index is 1420. The van der Waals surface area contributed by atoms with E-state index in [1.165, 1.54) is 24.3 Å². The second kappa shape index (κ2) is 12.8. The maximum absolute atomic E-state index is 13.9. The molecular formula is C33H30FNO4. The number of carbonyl (C=O) groups is 3. The van der Waals surface area contributed by atoms with Crippen LogP contribution in [0.5, 0.6) is 5.75 Å². The minimum Gasteiger partial charge on any atom is -0.487 e. The predicted molar refractivity (Wildman–Crippen MR) is 149 cm³/mol. The van der Waals surface area contributed by atoms with Gasteiger partial charge in [0.1, 0.15) is 29.9 Å². The molecule has 5 nitrogen and oxygen atoms in total. The summed E-state index contributed by atoms with van der Waals surface area (Å²) in [5.74, 6) is -4.43. The molecule has 0 fully saturated rings. The van der Waals surface area contributed by atoms with Crippen molar-refractivity contribution < 1.29 is 23.5 Å². The van der Waals surface area contributed by atoms with E-state index >= 15 is 0 Å². The number of para-hydroxylation sites is 2. The first-order valence-corrected chi connectivity index (χ1v) is 12.8. The molecule has 39 heavy (non-hydrogen) atoms. The van der Waals surface area contributed by atoms with E-state index in [0.29, 0.717) is 17.0 Å². The smallest absolute Gasteiger partial charge is 0.236 e. The summed E-state index contributed by atoms with van der Waals surface area (Å²) in [7, 11) is 0. The standard InChI is InChI=1S/C33H30FNO4/c1-22(2)31(36)30(29(24-13-7-4-8-14-24)32(37)25-17-19-26(34)20-18-25)33(38)35-27-15-9-10-16-28(27)39-21-23-11-5-3-6-12-23/h3-20,22,29-30H,21H2,1-2H3,(H,35,38)/t29-,30-/m1/s1. The van der Waals surface area contributed by atoms with Crippen LogP contribution in [0, 0.1) is 17.7 Å². The molecule has 0 heterocycles. The monoisotopic (exact) mass is 523 g/mol. The molecule has 198 valence electrons. The van der Waals surface area contributed by atoms with E-state index in [0.717, 1.165) is 5.56 Å². The number of Topliss-reactive ketones (excluding diaryl/α,β-unsaturated/α-hetero) is 2. The van der Waals surface area contributed by atoms with Crippen molar-refractivity contribution in [3.63, 3.8) is 0 Å². The molecule has 0 aliphatic carbocycles. The van der Waals surface area contributed by atoms with Crippen molar-refractivity contribution >= 4 is 23.2 Å². The number of carbonyl (C=O) groups excluding carboxylic acids is 3. The molecule has 0 aromatic heterocycles. The summed E-state index contributed by atoms with van der Waals surface area (Å²) < 4.78 is 19.6. The number of ether oxygens (including phenoxy) is 1. The predicted octanol–water partition coefficient (Wildman–Crippen LogP) is 6.85. The van der Waals surface area contributed by atoms with Crippen LogP contribution in [0.3, 0.4) is 0 Å². The second-order valence-electron chi connectivity index (χ2n) is 9.55. The van der Waals surface area contributed by atoms with E-state index in [-0.39, 0.29) is 18.0 Å². The van der Waals surface area contributed by atoms with E-state index in [9.17, 15) is 18.8 Å². The van der Waals surface area contributed by atoms with E-state index in [1.54, 1.807) is 68.4 Å². The summed E-state index contributed by atoms with van der Waals surface area (Å²) in [6, 6.07) is 30.4. The van der Waals surface area contributed by atoms with Crippen LogP contribution in [0.25, 0.3) is 0 Å². The zero-order valence-electron chi connectivity index (χ0n) is 21.8.